The molecule has 0 radical (unpaired) electrons. The van der Waals surface area contributed by atoms with E-state index < -0.39 is 0 Å². The van der Waals surface area contributed by atoms with E-state index in [0.717, 1.165) is 31.4 Å². The summed E-state index contributed by atoms with van der Waals surface area (Å²) in [5.74, 6) is 0.268. The van der Waals surface area contributed by atoms with Crippen LogP contribution >= 0.6 is 0 Å². The van der Waals surface area contributed by atoms with Gasteiger partial charge in [-0.2, -0.15) is 0 Å². The van der Waals surface area contributed by atoms with Crippen LogP contribution in [0.5, 0.6) is 0 Å². The Morgan fingerprint density at radius 3 is 2.71 bits per heavy atom. The first-order valence-corrected chi connectivity index (χ1v) is 8.69. The van der Waals surface area contributed by atoms with Crippen molar-refractivity contribution in [1.82, 2.24) is 15.5 Å². The maximum absolute atomic E-state index is 12.8. The Labute approximate surface area is 141 Å². The summed E-state index contributed by atoms with van der Waals surface area (Å²) in [5.41, 5.74) is 2.30. The number of rotatable bonds is 7. The van der Waals surface area contributed by atoms with Crippen LogP contribution in [0.1, 0.15) is 67.2 Å². The summed E-state index contributed by atoms with van der Waals surface area (Å²) in [6, 6.07) is 1.87. The number of nitrogens with one attached hydrogen (secondary N) is 1. The Hall–Kier alpha value is -1.95. The number of aryl methyl sites for hydroxylation is 1. The van der Waals surface area contributed by atoms with Gasteiger partial charge >= 0.3 is 0 Å². The molecule has 1 saturated carbocycles. The lowest BCUT2D eigenvalue weighted by atomic mass is 9.83. The molecule has 1 amide bonds. The number of aliphatic hydroxyl groups excluding tert-OH is 1. The molecule has 2 aromatic heterocycles. The molecule has 0 saturated heterocycles. The molecule has 1 fully saturated rings. The Balaban J connectivity index is 1.90. The van der Waals surface area contributed by atoms with Crippen molar-refractivity contribution in [2.75, 3.05) is 13.2 Å². The molecule has 6 nitrogen and oxygen atoms in total. The molecule has 1 aliphatic carbocycles. The second-order valence-electron chi connectivity index (χ2n) is 6.86. The lowest BCUT2D eigenvalue weighted by Crippen LogP contribution is -2.39. The number of carbonyl (C=O) groups is 1. The van der Waals surface area contributed by atoms with E-state index in [9.17, 15) is 9.90 Å². The zero-order valence-electron chi connectivity index (χ0n) is 14.6. The lowest BCUT2D eigenvalue weighted by Gasteiger charge is -2.29. The summed E-state index contributed by atoms with van der Waals surface area (Å²) in [7, 11) is 0. The number of nitrogens with zero attached hydrogens (tertiary/aromatic N) is 2. The SMILES string of the molecule is CCC(CC)(CO)CNC(=O)c1cc(C2CC2)nc2onc(C)c12. The molecule has 2 aromatic rings. The number of aromatic nitrogens is 2. The number of amides is 1. The van der Waals surface area contributed by atoms with Crippen molar-refractivity contribution in [2.45, 2.75) is 52.4 Å². The molecule has 0 aromatic carbocycles. The Morgan fingerprint density at radius 1 is 1.42 bits per heavy atom. The molecule has 0 unspecified atom stereocenters. The first-order chi connectivity index (χ1) is 11.5. The number of pyridine rings is 1. The van der Waals surface area contributed by atoms with Crippen LogP contribution in [0.3, 0.4) is 0 Å². The molecular weight excluding hydrogens is 306 g/mol. The molecule has 130 valence electrons. The van der Waals surface area contributed by atoms with Crippen LogP contribution in [-0.4, -0.2) is 34.3 Å². The minimum atomic E-state index is -0.273. The predicted molar refractivity (Wildman–Crippen MR) is 91.0 cm³/mol. The fourth-order valence-electron chi connectivity index (χ4n) is 3.02. The number of hydrogen-bond acceptors (Lipinski definition) is 5. The summed E-state index contributed by atoms with van der Waals surface area (Å²) in [6.45, 7) is 6.39. The highest BCUT2D eigenvalue weighted by Gasteiger charge is 2.30. The molecule has 3 rings (SSSR count). The van der Waals surface area contributed by atoms with Gasteiger partial charge in [0.2, 0.25) is 0 Å². The van der Waals surface area contributed by atoms with Crippen LogP contribution in [-0.2, 0) is 0 Å². The highest BCUT2D eigenvalue weighted by molar-refractivity contribution is 6.06. The number of carbonyl (C=O) groups excluding carboxylic acids is 1. The van der Waals surface area contributed by atoms with Crippen molar-refractivity contribution in [3.8, 4) is 0 Å². The van der Waals surface area contributed by atoms with Gasteiger partial charge in [0.15, 0.2) is 0 Å². The van der Waals surface area contributed by atoms with E-state index in [1.807, 2.05) is 26.8 Å². The first kappa shape index (κ1) is 16.9. The maximum Gasteiger partial charge on any atom is 0.259 e. The van der Waals surface area contributed by atoms with Gasteiger partial charge in [0.25, 0.3) is 11.6 Å². The molecule has 0 bridgehead atoms. The van der Waals surface area contributed by atoms with Gasteiger partial charge < -0.3 is 14.9 Å². The zero-order valence-corrected chi connectivity index (χ0v) is 14.6. The molecule has 6 heteroatoms. The van der Waals surface area contributed by atoms with Gasteiger partial charge in [-0.25, -0.2) is 4.98 Å². The van der Waals surface area contributed by atoms with E-state index in [1.54, 1.807) is 0 Å². The second kappa shape index (κ2) is 6.51. The third kappa shape index (κ3) is 3.02. The molecular formula is C18H25N3O3. The summed E-state index contributed by atoms with van der Waals surface area (Å²) >= 11 is 0. The van der Waals surface area contributed by atoms with Gasteiger partial charge in [0.05, 0.1) is 23.3 Å². The summed E-state index contributed by atoms with van der Waals surface area (Å²) < 4.78 is 5.29. The van der Waals surface area contributed by atoms with Crippen LogP contribution < -0.4 is 5.32 Å². The number of fused-ring (bicyclic) bond motifs is 1. The summed E-state index contributed by atoms with van der Waals surface area (Å²) in [6.07, 6.45) is 3.83. The predicted octanol–water partition coefficient (Wildman–Crippen LogP) is 2.94. The maximum atomic E-state index is 12.8. The quantitative estimate of drug-likeness (QED) is 0.814. The van der Waals surface area contributed by atoms with E-state index in [-0.39, 0.29) is 17.9 Å². The standard InChI is InChI=1S/C18H25N3O3/c1-4-18(5-2,10-22)9-19-16(23)13-8-14(12-6-7-12)20-17-15(13)11(3)21-24-17/h8,12,22H,4-7,9-10H2,1-3H3,(H,19,23). The first-order valence-electron chi connectivity index (χ1n) is 8.69. The van der Waals surface area contributed by atoms with E-state index in [4.69, 9.17) is 4.52 Å². The summed E-state index contributed by atoms with van der Waals surface area (Å²) in [4.78, 5) is 17.3. The van der Waals surface area contributed by atoms with Crippen molar-refractivity contribution >= 4 is 17.0 Å². The minimum absolute atomic E-state index is 0.0612. The number of hydrogen-bond donors (Lipinski definition) is 2. The lowest BCUT2D eigenvalue weighted by molar-refractivity contribution is 0.0852. The molecule has 0 spiro atoms. The molecule has 0 aliphatic heterocycles. The molecule has 2 N–H and O–H groups in total. The van der Waals surface area contributed by atoms with Crippen LogP contribution in [0.15, 0.2) is 10.6 Å². The third-order valence-corrected chi connectivity index (χ3v) is 5.34. The number of aliphatic hydroxyl groups is 1. The highest BCUT2D eigenvalue weighted by Crippen LogP contribution is 2.40. The van der Waals surface area contributed by atoms with Gasteiger partial charge in [-0.05, 0) is 38.7 Å². The average Bonchev–Trinajstić information content (AvgIpc) is 3.39. The van der Waals surface area contributed by atoms with Crippen LogP contribution in [0, 0.1) is 12.3 Å². The van der Waals surface area contributed by atoms with E-state index in [2.05, 4.69) is 15.5 Å². The van der Waals surface area contributed by atoms with E-state index in [1.165, 1.54) is 0 Å². The summed E-state index contributed by atoms with van der Waals surface area (Å²) in [5, 5.41) is 17.3. The largest absolute Gasteiger partial charge is 0.396 e. The van der Waals surface area contributed by atoms with Crippen LogP contribution in [0.2, 0.25) is 0 Å². The monoisotopic (exact) mass is 331 g/mol. The smallest absolute Gasteiger partial charge is 0.259 e. The van der Waals surface area contributed by atoms with Gasteiger partial charge in [-0.15, -0.1) is 0 Å². The van der Waals surface area contributed by atoms with Gasteiger partial charge in [0, 0.05) is 23.6 Å². The van der Waals surface area contributed by atoms with Crippen LogP contribution in [0.25, 0.3) is 11.1 Å². The fraction of sp³-hybridized carbons (Fsp3) is 0.611. The molecule has 1 aliphatic rings. The minimum Gasteiger partial charge on any atom is -0.396 e. The van der Waals surface area contributed by atoms with Gasteiger partial charge in [0.1, 0.15) is 0 Å². The zero-order chi connectivity index (χ0) is 17.3. The van der Waals surface area contributed by atoms with Crippen molar-refractivity contribution in [3.05, 3.63) is 23.0 Å². The Bertz CT molecular complexity index is 737. The van der Waals surface area contributed by atoms with Gasteiger partial charge in [-0.1, -0.05) is 19.0 Å². The van der Waals surface area contributed by atoms with Crippen molar-refractivity contribution in [3.63, 3.8) is 0 Å². The van der Waals surface area contributed by atoms with Crippen molar-refractivity contribution in [1.29, 1.82) is 0 Å². The van der Waals surface area contributed by atoms with Crippen LogP contribution in [0.4, 0.5) is 0 Å². The third-order valence-electron chi connectivity index (χ3n) is 5.34. The molecule has 24 heavy (non-hydrogen) atoms. The topological polar surface area (TPSA) is 88.2 Å². The molecule has 0 atom stereocenters. The van der Waals surface area contributed by atoms with Crippen molar-refractivity contribution < 1.29 is 14.4 Å². The Kier molecular flexibility index (Phi) is 4.58. The van der Waals surface area contributed by atoms with Crippen molar-refractivity contribution in [2.24, 2.45) is 5.41 Å². The second-order valence-corrected chi connectivity index (χ2v) is 6.86. The Morgan fingerprint density at radius 2 is 2.12 bits per heavy atom. The average molecular weight is 331 g/mol. The van der Waals surface area contributed by atoms with E-state index >= 15 is 0 Å². The fourth-order valence-corrected chi connectivity index (χ4v) is 3.02. The molecule has 2 heterocycles. The normalized spacial score (nSPS) is 15.0. The van der Waals surface area contributed by atoms with Gasteiger partial charge in [-0.3, -0.25) is 4.79 Å². The highest BCUT2D eigenvalue weighted by atomic mass is 16.5. The van der Waals surface area contributed by atoms with E-state index in [0.29, 0.717) is 34.8 Å².